The number of hydrogen-bond donors (Lipinski definition) is 1. The Labute approximate surface area is 107 Å². The van der Waals surface area contributed by atoms with Crippen LogP contribution in [0.4, 0.5) is 13.2 Å². The quantitative estimate of drug-likeness (QED) is 0.912. The Morgan fingerprint density at radius 3 is 2.63 bits per heavy atom. The van der Waals surface area contributed by atoms with Crippen molar-refractivity contribution in [2.45, 2.75) is 19.1 Å². The van der Waals surface area contributed by atoms with E-state index < -0.39 is 11.9 Å². The highest BCUT2D eigenvalue weighted by molar-refractivity contribution is 5.21. The average Bonchev–Trinajstić information content (AvgIpc) is 2.86. The van der Waals surface area contributed by atoms with Crippen LogP contribution in [-0.4, -0.2) is 31.3 Å². The summed E-state index contributed by atoms with van der Waals surface area (Å²) in [6.07, 6.45) is 0.320. The molecule has 0 unspecified atom stereocenters. The zero-order valence-electron chi connectivity index (χ0n) is 10.2. The predicted molar refractivity (Wildman–Crippen MR) is 60.3 cm³/mol. The van der Waals surface area contributed by atoms with Crippen LogP contribution in [0.2, 0.25) is 0 Å². The molecular formula is C11H13F3N4O. The second-order valence-electron chi connectivity index (χ2n) is 4.16. The third kappa shape index (κ3) is 2.95. The molecule has 2 aromatic heterocycles. The van der Waals surface area contributed by atoms with E-state index in [-0.39, 0.29) is 18.7 Å². The van der Waals surface area contributed by atoms with Crippen molar-refractivity contribution >= 4 is 0 Å². The first kappa shape index (κ1) is 13.6. The van der Waals surface area contributed by atoms with Crippen molar-refractivity contribution < 1.29 is 18.3 Å². The lowest BCUT2D eigenvalue weighted by Gasteiger charge is -2.09. The normalized spacial score (nSPS) is 12.1. The molecule has 0 bridgehead atoms. The van der Waals surface area contributed by atoms with Crippen LogP contribution in [0, 0.1) is 0 Å². The zero-order chi connectivity index (χ0) is 14.0. The van der Waals surface area contributed by atoms with Gasteiger partial charge in [0, 0.05) is 25.4 Å². The van der Waals surface area contributed by atoms with Gasteiger partial charge in [-0.2, -0.15) is 23.4 Å². The van der Waals surface area contributed by atoms with Crippen LogP contribution in [-0.2, 0) is 26.2 Å². The van der Waals surface area contributed by atoms with Crippen molar-refractivity contribution in [3.63, 3.8) is 0 Å². The maximum absolute atomic E-state index is 12.8. The maximum atomic E-state index is 12.8. The Morgan fingerprint density at radius 2 is 2.00 bits per heavy atom. The number of aliphatic hydroxyl groups is 1. The predicted octanol–water partition coefficient (Wildman–Crippen LogP) is 1.22. The van der Waals surface area contributed by atoms with E-state index in [0.717, 1.165) is 10.2 Å². The highest BCUT2D eigenvalue weighted by atomic mass is 19.4. The summed E-state index contributed by atoms with van der Waals surface area (Å²) in [7, 11) is 1.26. The minimum absolute atomic E-state index is 0.00584. The third-order valence-electron chi connectivity index (χ3n) is 2.70. The lowest BCUT2D eigenvalue weighted by molar-refractivity contribution is -0.144. The molecule has 0 aliphatic carbocycles. The molecule has 2 heterocycles. The molecule has 1 N–H and O–H groups in total. The Morgan fingerprint density at radius 1 is 1.26 bits per heavy atom. The van der Waals surface area contributed by atoms with E-state index in [1.54, 1.807) is 6.20 Å². The van der Waals surface area contributed by atoms with Crippen LogP contribution in [0.15, 0.2) is 18.6 Å². The maximum Gasteiger partial charge on any atom is 0.433 e. The molecular weight excluding hydrogens is 261 g/mol. The molecule has 0 radical (unpaired) electrons. The molecule has 104 valence electrons. The van der Waals surface area contributed by atoms with Gasteiger partial charge in [0.15, 0.2) is 0 Å². The van der Waals surface area contributed by atoms with E-state index in [1.165, 1.54) is 24.1 Å². The number of aryl methyl sites for hydroxylation is 1. The number of aliphatic hydroxyl groups excluding tert-OH is 1. The second kappa shape index (κ2) is 5.04. The summed E-state index contributed by atoms with van der Waals surface area (Å²) < 4.78 is 40.8. The fourth-order valence-corrected chi connectivity index (χ4v) is 1.89. The van der Waals surface area contributed by atoms with E-state index in [4.69, 9.17) is 5.11 Å². The van der Waals surface area contributed by atoms with Crippen LogP contribution in [0.3, 0.4) is 0 Å². The second-order valence-corrected chi connectivity index (χ2v) is 4.16. The first-order valence-corrected chi connectivity index (χ1v) is 5.62. The highest BCUT2D eigenvalue weighted by Crippen LogP contribution is 2.31. The van der Waals surface area contributed by atoms with Crippen LogP contribution < -0.4 is 0 Å². The van der Waals surface area contributed by atoms with Gasteiger partial charge in [-0.25, -0.2) is 0 Å². The van der Waals surface area contributed by atoms with Crippen molar-refractivity contribution in [1.82, 2.24) is 19.6 Å². The summed E-state index contributed by atoms with van der Waals surface area (Å²) in [6.45, 7) is -0.0273. The fourth-order valence-electron chi connectivity index (χ4n) is 1.89. The van der Waals surface area contributed by atoms with Gasteiger partial charge in [0.25, 0.3) is 0 Å². The Kier molecular flexibility index (Phi) is 3.61. The van der Waals surface area contributed by atoms with Gasteiger partial charge in [0.2, 0.25) is 0 Å². The summed E-state index contributed by atoms with van der Waals surface area (Å²) in [5.41, 5.74) is 0.0697. The van der Waals surface area contributed by atoms with Crippen molar-refractivity contribution in [2.24, 2.45) is 7.05 Å². The number of aromatic nitrogens is 4. The molecule has 2 rings (SSSR count). The average molecular weight is 274 g/mol. The molecule has 0 atom stereocenters. The summed E-state index contributed by atoms with van der Waals surface area (Å²) in [6, 6.07) is 0. The topological polar surface area (TPSA) is 55.9 Å². The van der Waals surface area contributed by atoms with Gasteiger partial charge in [-0.15, -0.1) is 0 Å². The fraction of sp³-hybridized carbons (Fsp3) is 0.455. The Balaban J connectivity index is 2.23. The van der Waals surface area contributed by atoms with Crippen molar-refractivity contribution in [3.8, 4) is 0 Å². The molecule has 0 aromatic carbocycles. The molecule has 0 amide bonds. The van der Waals surface area contributed by atoms with E-state index in [9.17, 15) is 13.2 Å². The molecule has 0 aliphatic rings. The first-order valence-electron chi connectivity index (χ1n) is 5.62. The molecule has 19 heavy (non-hydrogen) atoms. The summed E-state index contributed by atoms with van der Waals surface area (Å²) in [5, 5.41) is 16.4. The monoisotopic (exact) mass is 274 g/mol. The molecule has 0 spiro atoms. The van der Waals surface area contributed by atoms with Crippen molar-refractivity contribution in [2.75, 3.05) is 6.61 Å². The molecule has 8 heteroatoms. The number of halogens is 3. The first-order chi connectivity index (χ1) is 8.91. The van der Waals surface area contributed by atoms with Crippen molar-refractivity contribution in [3.05, 3.63) is 35.4 Å². The molecule has 0 fully saturated rings. The minimum Gasteiger partial charge on any atom is -0.396 e. The zero-order valence-corrected chi connectivity index (χ0v) is 10.2. The summed E-state index contributed by atoms with van der Waals surface area (Å²) in [4.78, 5) is 0. The SMILES string of the molecule is Cn1ncc(Cn2cc(CCO)cn2)c1C(F)(F)F. The summed E-state index contributed by atoms with van der Waals surface area (Å²) in [5.74, 6) is 0. The molecule has 0 aliphatic heterocycles. The number of rotatable bonds is 4. The van der Waals surface area contributed by atoms with E-state index in [0.29, 0.717) is 6.42 Å². The van der Waals surface area contributed by atoms with Crippen LogP contribution >= 0.6 is 0 Å². The van der Waals surface area contributed by atoms with Gasteiger partial charge in [-0.3, -0.25) is 9.36 Å². The molecule has 0 saturated carbocycles. The minimum atomic E-state index is -4.44. The summed E-state index contributed by atoms with van der Waals surface area (Å²) >= 11 is 0. The van der Waals surface area contributed by atoms with Gasteiger partial charge in [0.1, 0.15) is 5.69 Å². The standard InChI is InChI=1S/C11H13F3N4O/c1-17-10(11(12,13)14)9(5-15-17)7-18-6-8(2-3-19)4-16-18/h4-6,19H,2-3,7H2,1H3. The van der Waals surface area contributed by atoms with E-state index in [2.05, 4.69) is 10.2 Å². The van der Waals surface area contributed by atoms with Crippen LogP contribution in [0.1, 0.15) is 16.8 Å². The van der Waals surface area contributed by atoms with Gasteiger partial charge >= 0.3 is 6.18 Å². The largest absolute Gasteiger partial charge is 0.433 e. The van der Waals surface area contributed by atoms with Gasteiger partial charge < -0.3 is 5.11 Å². The molecule has 5 nitrogen and oxygen atoms in total. The van der Waals surface area contributed by atoms with Crippen LogP contribution in [0.25, 0.3) is 0 Å². The van der Waals surface area contributed by atoms with E-state index >= 15 is 0 Å². The van der Waals surface area contributed by atoms with E-state index in [1.807, 2.05) is 0 Å². The molecule has 0 saturated heterocycles. The Bertz CT molecular complexity index is 559. The van der Waals surface area contributed by atoms with Gasteiger partial charge in [-0.05, 0) is 12.0 Å². The van der Waals surface area contributed by atoms with Crippen molar-refractivity contribution in [1.29, 1.82) is 0 Å². The van der Waals surface area contributed by atoms with Crippen LogP contribution in [0.5, 0.6) is 0 Å². The number of nitrogens with zero attached hydrogens (tertiary/aromatic N) is 4. The lowest BCUT2D eigenvalue weighted by Crippen LogP contribution is -2.15. The third-order valence-corrected chi connectivity index (χ3v) is 2.70. The highest BCUT2D eigenvalue weighted by Gasteiger charge is 2.37. The lowest BCUT2D eigenvalue weighted by atomic mass is 10.2. The Hall–Kier alpha value is -1.83. The number of alkyl halides is 3. The molecule has 2 aromatic rings. The number of hydrogen-bond acceptors (Lipinski definition) is 3. The van der Waals surface area contributed by atoms with Gasteiger partial charge in [-0.1, -0.05) is 0 Å². The van der Waals surface area contributed by atoms with Gasteiger partial charge in [0.05, 0.1) is 18.9 Å². The smallest absolute Gasteiger partial charge is 0.396 e.